The largest absolute Gasteiger partial charge is 0.492 e. The molecule has 0 aromatic heterocycles. The Balaban J connectivity index is 1.72. The van der Waals surface area contributed by atoms with Crippen LogP contribution in [0.1, 0.15) is 15.9 Å². The fourth-order valence-electron chi connectivity index (χ4n) is 2.67. The van der Waals surface area contributed by atoms with E-state index >= 15 is 0 Å². The van der Waals surface area contributed by atoms with E-state index in [1.54, 1.807) is 0 Å². The van der Waals surface area contributed by atoms with Crippen LogP contribution in [0.25, 0.3) is 0 Å². The zero-order valence-corrected chi connectivity index (χ0v) is 11.2. The summed E-state index contributed by atoms with van der Waals surface area (Å²) in [6.07, 6.45) is 0. The molecule has 102 valence electrons. The molecule has 1 fully saturated rings. The van der Waals surface area contributed by atoms with E-state index in [0.29, 0.717) is 6.61 Å². The zero-order chi connectivity index (χ0) is 13.2. The molecular formula is C15H19NO3. The van der Waals surface area contributed by atoms with E-state index in [9.17, 15) is 4.79 Å². The number of benzene rings is 1. The van der Waals surface area contributed by atoms with Crippen molar-refractivity contribution in [3.63, 3.8) is 0 Å². The third-order valence-corrected chi connectivity index (χ3v) is 3.80. The van der Waals surface area contributed by atoms with Crippen LogP contribution in [0.15, 0.2) is 18.2 Å². The number of rotatable bonds is 2. The van der Waals surface area contributed by atoms with Crippen LogP contribution in [-0.2, 0) is 4.74 Å². The topological polar surface area (TPSA) is 38.8 Å². The molecule has 2 heterocycles. The van der Waals surface area contributed by atoms with E-state index in [4.69, 9.17) is 9.47 Å². The van der Waals surface area contributed by atoms with E-state index in [-0.39, 0.29) is 11.7 Å². The fraction of sp³-hybridized carbons (Fsp3) is 0.533. The standard InChI is InChI=1S/C15H19NO3/c1-11-2-3-13-14(8-11)19-10-12(15(13)17)9-16-4-6-18-7-5-16/h2-3,8,12H,4-7,9-10H2,1H3/t12-/m1/s1. The molecule has 4 heteroatoms. The van der Waals surface area contributed by atoms with Crippen molar-refractivity contribution in [1.29, 1.82) is 0 Å². The summed E-state index contributed by atoms with van der Waals surface area (Å²) in [7, 11) is 0. The predicted molar refractivity (Wildman–Crippen MR) is 71.8 cm³/mol. The van der Waals surface area contributed by atoms with Crippen LogP contribution in [0.2, 0.25) is 0 Å². The summed E-state index contributed by atoms with van der Waals surface area (Å²) in [5, 5.41) is 0. The number of hydrogen-bond donors (Lipinski definition) is 0. The summed E-state index contributed by atoms with van der Waals surface area (Å²) in [5.41, 5.74) is 1.85. The predicted octanol–water partition coefficient (Wildman–Crippen LogP) is 1.52. The minimum absolute atomic E-state index is 0.0479. The highest BCUT2D eigenvalue weighted by Crippen LogP contribution is 2.28. The quantitative estimate of drug-likeness (QED) is 0.809. The van der Waals surface area contributed by atoms with Gasteiger partial charge in [-0.15, -0.1) is 0 Å². The van der Waals surface area contributed by atoms with Crippen LogP contribution in [0.5, 0.6) is 5.75 Å². The number of fused-ring (bicyclic) bond motifs is 1. The molecule has 4 nitrogen and oxygen atoms in total. The second-order valence-corrected chi connectivity index (χ2v) is 5.28. The molecule has 0 N–H and O–H groups in total. The van der Waals surface area contributed by atoms with Crippen LogP contribution in [0.3, 0.4) is 0 Å². The Hall–Kier alpha value is -1.39. The van der Waals surface area contributed by atoms with Crippen LogP contribution in [0, 0.1) is 12.8 Å². The molecule has 0 bridgehead atoms. The number of nitrogens with zero attached hydrogens (tertiary/aromatic N) is 1. The Bertz CT molecular complexity index is 480. The number of hydrogen-bond acceptors (Lipinski definition) is 4. The van der Waals surface area contributed by atoms with Gasteiger partial charge in [-0.05, 0) is 24.6 Å². The highest BCUT2D eigenvalue weighted by molar-refractivity contribution is 6.01. The summed E-state index contributed by atoms with van der Waals surface area (Å²) < 4.78 is 11.1. The van der Waals surface area contributed by atoms with Crippen LogP contribution >= 0.6 is 0 Å². The highest BCUT2D eigenvalue weighted by atomic mass is 16.5. The monoisotopic (exact) mass is 261 g/mol. The first kappa shape index (κ1) is 12.6. The van der Waals surface area contributed by atoms with Crippen LogP contribution in [0.4, 0.5) is 0 Å². The number of ketones is 1. The fourth-order valence-corrected chi connectivity index (χ4v) is 2.67. The van der Waals surface area contributed by atoms with Gasteiger partial charge in [0.15, 0.2) is 5.78 Å². The molecule has 2 aliphatic rings. The molecule has 0 radical (unpaired) electrons. The van der Waals surface area contributed by atoms with Gasteiger partial charge < -0.3 is 9.47 Å². The molecule has 1 aromatic carbocycles. The van der Waals surface area contributed by atoms with E-state index in [0.717, 1.165) is 49.7 Å². The van der Waals surface area contributed by atoms with E-state index in [1.807, 2.05) is 25.1 Å². The molecular weight excluding hydrogens is 242 g/mol. The van der Waals surface area contributed by atoms with Crippen molar-refractivity contribution in [2.24, 2.45) is 5.92 Å². The van der Waals surface area contributed by atoms with Gasteiger partial charge in [0.2, 0.25) is 0 Å². The van der Waals surface area contributed by atoms with Gasteiger partial charge in [0.1, 0.15) is 5.75 Å². The maximum absolute atomic E-state index is 12.5. The Labute approximate surface area is 113 Å². The van der Waals surface area contributed by atoms with Crippen molar-refractivity contribution < 1.29 is 14.3 Å². The summed E-state index contributed by atoms with van der Waals surface area (Å²) in [4.78, 5) is 14.8. The highest BCUT2D eigenvalue weighted by Gasteiger charge is 2.30. The Morgan fingerprint density at radius 2 is 2.11 bits per heavy atom. The van der Waals surface area contributed by atoms with Gasteiger partial charge in [-0.3, -0.25) is 9.69 Å². The van der Waals surface area contributed by atoms with E-state index in [1.165, 1.54) is 0 Å². The molecule has 0 saturated carbocycles. The zero-order valence-electron chi connectivity index (χ0n) is 11.2. The minimum atomic E-state index is -0.0479. The van der Waals surface area contributed by atoms with Crippen molar-refractivity contribution in [1.82, 2.24) is 4.90 Å². The summed E-state index contributed by atoms with van der Waals surface area (Å²) in [6.45, 7) is 6.61. The van der Waals surface area contributed by atoms with Gasteiger partial charge in [0.05, 0.1) is 31.3 Å². The van der Waals surface area contributed by atoms with Gasteiger partial charge in [-0.1, -0.05) is 6.07 Å². The first-order valence-electron chi connectivity index (χ1n) is 6.82. The lowest BCUT2D eigenvalue weighted by atomic mass is 9.93. The number of Topliss-reactive ketones (excluding diaryl/α,β-unsaturated/α-hetero) is 1. The lowest BCUT2D eigenvalue weighted by Crippen LogP contribution is -2.43. The summed E-state index contributed by atoms with van der Waals surface area (Å²) in [6, 6.07) is 5.80. The Morgan fingerprint density at radius 1 is 1.32 bits per heavy atom. The number of carbonyl (C=O) groups excluding carboxylic acids is 1. The van der Waals surface area contributed by atoms with Crippen molar-refractivity contribution in [2.45, 2.75) is 6.92 Å². The van der Waals surface area contributed by atoms with Crippen molar-refractivity contribution in [3.8, 4) is 5.75 Å². The minimum Gasteiger partial charge on any atom is -0.492 e. The van der Waals surface area contributed by atoms with Gasteiger partial charge in [0.25, 0.3) is 0 Å². The van der Waals surface area contributed by atoms with Crippen LogP contribution in [-0.4, -0.2) is 50.1 Å². The first-order valence-corrected chi connectivity index (χ1v) is 6.82. The SMILES string of the molecule is Cc1ccc2c(c1)OC[C@@H](CN1CCOCC1)C2=O. The van der Waals surface area contributed by atoms with E-state index in [2.05, 4.69) is 4.90 Å². The Kier molecular flexibility index (Phi) is 3.53. The molecule has 0 unspecified atom stereocenters. The molecule has 2 aliphatic heterocycles. The lowest BCUT2D eigenvalue weighted by molar-refractivity contribution is 0.0250. The number of carbonyl (C=O) groups is 1. The van der Waals surface area contributed by atoms with Gasteiger partial charge in [-0.2, -0.15) is 0 Å². The molecule has 1 saturated heterocycles. The summed E-state index contributed by atoms with van der Waals surface area (Å²) in [5.74, 6) is 0.907. The first-order chi connectivity index (χ1) is 9.24. The molecule has 0 spiro atoms. The van der Waals surface area contributed by atoms with Gasteiger partial charge in [0, 0.05) is 19.6 Å². The average molecular weight is 261 g/mol. The Morgan fingerprint density at radius 3 is 2.89 bits per heavy atom. The second-order valence-electron chi connectivity index (χ2n) is 5.28. The molecule has 0 amide bonds. The van der Waals surface area contributed by atoms with E-state index < -0.39 is 0 Å². The molecule has 1 aromatic rings. The number of aryl methyl sites for hydroxylation is 1. The molecule has 1 atom stereocenters. The third kappa shape index (κ3) is 2.65. The average Bonchev–Trinajstić information content (AvgIpc) is 2.43. The lowest BCUT2D eigenvalue weighted by Gasteiger charge is -2.32. The summed E-state index contributed by atoms with van der Waals surface area (Å²) >= 11 is 0. The molecule has 3 rings (SSSR count). The maximum atomic E-state index is 12.5. The maximum Gasteiger partial charge on any atom is 0.174 e. The smallest absolute Gasteiger partial charge is 0.174 e. The van der Waals surface area contributed by atoms with Crippen molar-refractivity contribution in [3.05, 3.63) is 29.3 Å². The molecule has 0 aliphatic carbocycles. The van der Waals surface area contributed by atoms with Crippen molar-refractivity contribution in [2.75, 3.05) is 39.5 Å². The van der Waals surface area contributed by atoms with Gasteiger partial charge >= 0.3 is 0 Å². The van der Waals surface area contributed by atoms with Crippen LogP contribution < -0.4 is 4.74 Å². The second kappa shape index (κ2) is 5.31. The van der Waals surface area contributed by atoms with Gasteiger partial charge in [-0.25, -0.2) is 0 Å². The number of ether oxygens (including phenoxy) is 2. The third-order valence-electron chi connectivity index (χ3n) is 3.80. The molecule has 19 heavy (non-hydrogen) atoms. The van der Waals surface area contributed by atoms with Crippen molar-refractivity contribution >= 4 is 5.78 Å². The normalized spacial score (nSPS) is 23.8. The number of morpholine rings is 1.